The number of aliphatic carboxylic acids is 1. The molecule has 22 heavy (non-hydrogen) atoms. The SMILES string of the molecule is Cc1cc(Br)c2oc(C(=O)NC3(C(=O)O)CCSC3)cc2c1. The fourth-order valence-corrected chi connectivity index (χ4v) is 4.52. The van der Waals surface area contributed by atoms with Crippen LogP contribution >= 0.6 is 27.7 Å². The van der Waals surface area contributed by atoms with E-state index in [1.165, 1.54) is 11.8 Å². The minimum Gasteiger partial charge on any atom is -0.479 e. The summed E-state index contributed by atoms with van der Waals surface area (Å²) in [6.45, 7) is 1.95. The minimum absolute atomic E-state index is 0.124. The van der Waals surface area contributed by atoms with Gasteiger partial charge in [0.05, 0.1) is 4.47 Å². The maximum Gasteiger partial charge on any atom is 0.330 e. The van der Waals surface area contributed by atoms with Gasteiger partial charge in [-0.1, -0.05) is 0 Å². The molecule has 7 heteroatoms. The van der Waals surface area contributed by atoms with Gasteiger partial charge in [-0.3, -0.25) is 4.79 Å². The maximum atomic E-state index is 12.4. The fraction of sp³-hybridized carbons (Fsp3) is 0.333. The first-order valence-corrected chi connectivity index (χ1v) is 8.69. The molecule has 2 N–H and O–H groups in total. The van der Waals surface area contributed by atoms with Crippen molar-refractivity contribution in [3.05, 3.63) is 34.0 Å². The lowest BCUT2D eigenvalue weighted by molar-refractivity contribution is -0.143. The highest BCUT2D eigenvalue weighted by Crippen LogP contribution is 2.31. The summed E-state index contributed by atoms with van der Waals surface area (Å²) in [5, 5.41) is 12.9. The Hall–Kier alpha value is -1.47. The Bertz CT molecular complexity index is 764. The zero-order valence-electron chi connectivity index (χ0n) is 11.8. The summed E-state index contributed by atoms with van der Waals surface area (Å²) in [5.74, 6) is -0.280. The van der Waals surface area contributed by atoms with Crippen molar-refractivity contribution in [2.45, 2.75) is 18.9 Å². The molecule has 2 heterocycles. The fourth-order valence-electron chi connectivity index (χ4n) is 2.53. The van der Waals surface area contributed by atoms with Gasteiger partial charge < -0.3 is 14.8 Å². The number of hydrogen-bond acceptors (Lipinski definition) is 4. The molecule has 1 amide bonds. The zero-order valence-corrected chi connectivity index (χ0v) is 14.2. The Balaban J connectivity index is 1.92. The summed E-state index contributed by atoms with van der Waals surface area (Å²) in [4.78, 5) is 23.9. The van der Waals surface area contributed by atoms with E-state index < -0.39 is 17.4 Å². The molecule has 0 bridgehead atoms. The third kappa shape index (κ3) is 2.63. The molecular formula is C15H14BrNO4S. The van der Waals surface area contributed by atoms with Crippen LogP contribution in [0.15, 0.2) is 27.1 Å². The summed E-state index contributed by atoms with van der Waals surface area (Å²) in [6.07, 6.45) is 0.418. The van der Waals surface area contributed by atoms with E-state index in [2.05, 4.69) is 21.2 Å². The molecule has 1 aromatic heterocycles. The summed E-state index contributed by atoms with van der Waals surface area (Å²) in [5.41, 5.74) is 0.427. The Morgan fingerprint density at radius 3 is 2.82 bits per heavy atom. The van der Waals surface area contributed by atoms with E-state index in [1.54, 1.807) is 6.07 Å². The van der Waals surface area contributed by atoms with E-state index in [-0.39, 0.29) is 5.76 Å². The van der Waals surface area contributed by atoms with E-state index in [0.717, 1.165) is 21.2 Å². The molecule has 0 aliphatic carbocycles. The second-order valence-electron chi connectivity index (χ2n) is 5.42. The Morgan fingerprint density at radius 1 is 1.41 bits per heavy atom. The molecule has 0 spiro atoms. The molecule has 3 rings (SSSR count). The molecule has 5 nitrogen and oxygen atoms in total. The quantitative estimate of drug-likeness (QED) is 0.850. The molecule has 1 atom stereocenters. The van der Waals surface area contributed by atoms with E-state index in [4.69, 9.17) is 4.42 Å². The van der Waals surface area contributed by atoms with Crippen LogP contribution in [0.2, 0.25) is 0 Å². The van der Waals surface area contributed by atoms with Gasteiger partial charge in [0.1, 0.15) is 11.1 Å². The molecule has 1 saturated heterocycles. The number of aryl methyl sites for hydroxylation is 1. The van der Waals surface area contributed by atoms with Crippen molar-refractivity contribution in [1.29, 1.82) is 0 Å². The Morgan fingerprint density at radius 2 is 2.18 bits per heavy atom. The third-order valence-electron chi connectivity index (χ3n) is 3.72. The number of benzene rings is 1. The number of amides is 1. The minimum atomic E-state index is -1.20. The number of carbonyl (C=O) groups is 2. The predicted octanol–water partition coefficient (Wildman–Crippen LogP) is 3.19. The van der Waals surface area contributed by atoms with Crippen LogP contribution in [-0.2, 0) is 4.79 Å². The van der Waals surface area contributed by atoms with E-state index in [9.17, 15) is 14.7 Å². The predicted molar refractivity (Wildman–Crippen MR) is 88.4 cm³/mol. The normalized spacial score (nSPS) is 21.2. The number of halogens is 1. The summed E-state index contributed by atoms with van der Waals surface area (Å²) < 4.78 is 6.36. The van der Waals surface area contributed by atoms with Crippen molar-refractivity contribution in [3.63, 3.8) is 0 Å². The van der Waals surface area contributed by atoms with Crippen LogP contribution in [-0.4, -0.2) is 34.0 Å². The number of furan rings is 1. The van der Waals surface area contributed by atoms with Crippen LogP contribution in [0.25, 0.3) is 11.0 Å². The first-order chi connectivity index (χ1) is 10.4. The first kappa shape index (κ1) is 15.4. The second kappa shape index (κ2) is 5.62. The van der Waals surface area contributed by atoms with Crippen molar-refractivity contribution in [1.82, 2.24) is 5.32 Å². The van der Waals surface area contributed by atoms with Crippen molar-refractivity contribution in [2.24, 2.45) is 0 Å². The lowest BCUT2D eigenvalue weighted by atomic mass is 9.99. The molecular weight excluding hydrogens is 370 g/mol. The van der Waals surface area contributed by atoms with Gasteiger partial charge in [-0.25, -0.2) is 4.79 Å². The van der Waals surface area contributed by atoms with Gasteiger partial charge in [0.25, 0.3) is 5.91 Å². The van der Waals surface area contributed by atoms with Crippen molar-refractivity contribution < 1.29 is 19.1 Å². The third-order valence-corrected chi connectivity index (χ3v) is 5.50. The van der Waals surface area contributed by atoms with Crippen molar-refractivity contribution in [2.75, 3.05) is 11.5 Å². The highest BCUT2D eigenvalue weighted by Gasteiger charge is 2.43. The molecule has 2 aromatic rings. The topological polar surface area (TPSA) is 79.5 Å². The largest absolute Gasteiger partial charge is 0.479 e. The van der Waals surface area contributed by atoms with Crippen molar-refractivity contribution in [3.8, 4) is 0 Å². The Labute approximate surface area is 139 Å². The van der Waals surface area contributed by atoms with Crippen LogP contribution < -0.4 is 5.32 Å². The first-order valence-electron chi connectivity index (χ1n) is 6.75. The summed E-state index contributed by atoms with van der Waals surface area (Å²) >= 11 is 4.93. The van der Waals surface area contributed by atoms with E-state index >= 15 is 0 Å². The highest BCUT2D eigenvalue weighted by atomic mass is 79.9. The summed E-state index contributed by atoms with van der Waals surface area (Å²) in [6, 6.07) is 5.46. The molecule has 1 aliphatic heterocycles. The van der Waals surface area contributed by atoms with Gasteiger partial charge in [0, 0.05) is 11.1 Å². The number of hydrogen-bond donors (Lipinski definition) is 2. The van der Waals surface area contributed by atoms with Crippen LogP contribution in [0, 0.1) is 6.92 Å². The lowest BCUT2D eigenvalue weighted by Crippen LogP contribution is -2.54. The lowest BCUT2D eigenvalue weighted by Gasteiger charge is -2.23. The molecule has 1 aliphatic rings. The van der Waals surface area contributed by atoms with Gasteiger partial charge >= 0.3 is 5.97 Å². The number of carboxylic acid groups (broad SMARTS) is 1. The average molecular weight is 384 g/mol. The standard InChI is InChI=1S/C15H14BrNO4S/c1-8-4-9-6-11(21-12(9)10(16)5-8)13(18)17-15(14(19)20)2-3-22-7-15/h4-6H,2-3,7H2,1H3,(H,17,18)(H,19,20). The molecule has 1 fully saturated rings. The molecule has 0 saturated carbocycles. The van der Waals surface area contributed by atoms with Gasteiger partial charge in [-0.15, -0.1) is 0 Å². The van der Waals surface area contributed by atoms with E-state index in [1.807, 2.05) is 19.1 Å². The van der Waals surface area contributed by atoms with E-state index in [0.29, 0.717) is 17.8 Å². The van der Waals surface area contributed by atoms with Gasteiger partial charge in [0.15, 0.2) is 5.76 Å². The smallest absolute Gasteiger partial charge is 0.330 e. The maximum absolute atomic E-state index is 12.4. The highest BCUT2D eigenvalue weighted by molar-refractivity contribution is 9.10. The number of carbonyl (C=O) groups excluding carboxylic acids is 1. The molecule has 1 aromatic carbocycles. The molecule has 0 radical (unpaired) electrons. The van der Waals surface area contributed by atoms with Crippen LogP contribution in [0.5, 0.6) is 0 Å². The Kier molecular flexibility index (Phi) is 3.94. The molecule has 116 valence electrons. The zero-order chi connectivity index (χ0) is 15.9. The number of fused-ring (bicyclic) bond motifs is 1. The summed E-state index contributed by atoms with van der Waals surface area (Å²) in [7, 11) is 0. The van der Waals surface area contributed by atoms with Crippen LogP contribution in [0.3, 0.4) is 0 Å². The van der Waals surface area contributed by atoms with Crippen LogP contribution in [0.4, 0.5) is 0 Å². The van der Waals surface area contributed by atoms with Gasteiger partial charge in [0.2, 0.25) is 0 Å². The van der Waals surface area contributed by atoms with Crippen LogP contribution in [0.1, 0.15) is 22.5 Å². The number of thioether (sulfide) groups is 1. The average Bonchev–Trinajstić information content (AvgIpc) is 3.05. The molecule has 1 unspecified atom stereocenters. The second-order valence-corrected chi connectivity index (χ2v) is 7.38. The van der Waals surface area contributed by atoms with Gasteiger partial charge in [-0.05, 0) is 58.8 Å². The number of rotatable bonds is 3. The number of carboxylic acids is 1. The van der Waals surface area contributed by atoms with Gasteiger partial charge in [-0.2, -0.15) is 11.8 Å². The van der Waals surface area contributed by atoms with Crippen molar-refractivity contribution >= 4 is 50.5 Å². The number of nitrogens with one attached hydrogen (secondary N) is 1. The monoisotopic (exact) mass is 383 g/mol.